The van der Waals surface area contributed by atoms with Crippen molar-refractivity contribution in [2.24, 2.45) is 7.05 Å². The minimum absolute atomic E-state index is 0.176. The summed E-state index contributed by atoms with van der Waals surface area (Å²) in [6.07, 6.45) is 3.32. The van der Waals surface area contributed by atoms with E-state index in [2.05, 4.69) is 10.4 Å². The van der Waals surface area contributed by atoms with Crippen LogP contribution in [0.4, 0.5) is 0 Å². The molecule has 0 unspecified atom stereocenters. The summed E-state index contributed by atoms with van der Waals surface area (Å²) in [6.45, 7) is -0.176. The number of aromatic nitrogens is 4. The molecule has 1 aromatic rings. The molecule has 0 amide bonds. The molecule has 92 valence electrons. The van der Waals surface area contributed by atoms with Gasteiger partial charge in [0.2, 0.25) is 0 Å². The van der Waals surface area contributed by atoms with Gasteiger partial charge in [-0.15, -0.1) is 0 Å². The van der Waals surface area contributed by atoms with Crippen LogP contribution in [0, 0.1) is 0 Å². The van der Waals surface area contributed by atoms with E-state index in [1.165, 1.54) is 9.36 Å². The topological polar surface area (TPSA) is 83.4 Å². The Labute approximate surface area is 97.6 Å². The molecule has 0 aromatic carbocycles. The predicted molar refractivity (Wildman–Crippen MR) is 58.7 cm³/mol. The molecular weight excluding hydrogens is 224 g/mol. The molecule has 0 fully saturated rings. The van der Waals surface area contributed by atoms with Crippen molar-refractivity contribution in [2.75, 3.05) is 13.7 Å². The molecule has 1 aliphatic carbocycles. The number of hydrogen-bond acceptors (Lipinski definition) is 4. The lowest BCUT2D eigenvalue weighted by atomic mass is 10.0. The zero-order valence-corrected chi connectivity index (χ0v) is 9.80. The second kappa shape index (κ2) is 4.54. The van der Waals surface area contributed by atoms with Crippen LogP contribution in [-0.4, -0.2) is 33.4 Å². The third kappa shape index (κ3) is 1.89. The van der Waals surface area contributed by atoms with Gasteiger partial charge in [0.1, 0.15) is 18.0 Å². The van der Waals surface area contributed by atoms with Crippen molar-refractivity contribution < 1.29 is 15.1 Å². The quantitative estimate of drug-likeness (QED) is 0.727. The Bertz CT molecular complexity index is 538. The fraction of sp³-hybridized carbons (Fsp3) is 0.500. The Morgan fingerprint density at radius 1 is 1.65 bits per heavy atom. The molecule has 7 heteroatoms. The van der Waals surface area contributed by atoms with E-state index in [4.69, 9.17) is 4.74 Å². The molecule has 1 aliphatic rings. The van der Waals surface area contributed by atoms with E-state index in [1.54, 1.807) is 14.2 Å². The molecule has 2 N–H and O–H groups in total. The predicted octanol–water partition coefficient (Wildman–Crippen LogP) is -1.08. The number of aliphatic hydroxyl groups is 1. The maximum Gasteiger partial charge on any atom is 0.472 e. The van der Waals surface area contributed by atoms with Crippen molar-refractivity contribution in [2.45, 2.75) is 12.8 Å². The largest absolute Gasteiger partial charge is 0.497 e. The molecule has 7 nitrogen and oxygen atoms in total. The molecular formula is C10H15N4O3+. The second-order valence-corrected chi connectivity index (χ2v) is 3.74. The first-order valence-corrected chi connectivity index (χ1v) is 5.30. The molecule has 1 aromatic heterocycles. The number of allylic oxidation sites excluding steroid dienone is 2. The monoisotopic (exact) mass is 239 g/mol. The Balaban J connectivity index is 2.56. The fourth-order valence-electron chi connectivity index (χ4n) is 1.90. The Hall–Kier alpha value is -1.89. The van der Waals surface area contributed by atoms with Crippen LogP contribution in [0.1, 0.15) is 12.8 Å². The fourth-order valence-corrected chi connectivity index (χ4v) is 1.90. The summed E-state index contributed by atoms with van der Waals surface area (Å²) in [5, 5.41) is 15.8. The number of rotatable bonds is 3. The lowest BCUT2D eigenvalue weighted by Gasteiger charge is -2.17. The van der Waals surface area contributed by atoms with E-state index >= 15 is 0 Å². The van der Waals surface area contributed by atoms with Crippen LogP contribution in [0.3, 0.4) is 0 Å². The third-order valence-electron chi connectivity index (χ3n) is 2.77. The summed E-state index contributed by atoms with van der Waals surface area (Å²) in [5.41, 5.74) is 1.04. The van der Waals surface area contributed by atoms with Gasteiger partial charge in [-0.1, -0.05) is 14.6 Å². The number of nitrogens with zero attached hydrogens (tertiary/aromatic N) is 3. The molecule has 0 aliphatic heterocycles. The number of methoxy groups -OCH3 is 1. The maximum atomic E-state index is 11.8. The summed E-state index contributed by atoms with van der Waals surface area (Å²) in [7, 11) is 3.10. The van der Waals surface area contributed by atoms with Gasteiger partial charge in [0.15, 0.2) is 0 Å². The van der Waals surface area contributed by atoms with Gasteiger partial charge >= 0.3 is 5.69 Å². The average Bonchev–Trinajstić information content (AvgIpc) is 2.69. The van der Waals surface area contributed by atoms with Crippen LogP contribution in [0.5, 0.6) is 0 Å². The summed E-state index contributed by atoms with van der Waals surface area (Å²) in [6, 6.07) is 0. The lowest BCUT2D eigenvalue weighted by Crippen LogP contribution is -2.31. The van der Waals surface area contributed by atoms with Crippen LogP contribution in [0.2, 0.25) is 0 Å². The van der Waals surface area contributed by atoms with Gasteiger partial charge in [-0.05, 0) is 18.9 Å². The van der Waals surface area contributed by atoms with Gasteiger partial charge in [0, 0.05) is 5.57 Å². The highest BCUT2D eigenvalue weighted by atomic mass is 16.5. The van der Waals surface area contributed by atoms with Gasteiger partial charge in [0.05, 0.1) is 19.4 Å². The van der Waals surface area contributed by atoms with E-state index in [0.29, 0.717) is 23.5 Å². The second-order valence-electron chi connectivity index (χ2n) is 3.74. The van der Waals surface area contributed by atoms with Crippen molar-refractivity contribution in [3.05, 3.63) is 27.9 Å². The highest BCUT2D eigenvalue weighted by Gasteiger charge is 2.23. The standard InChI is InChI=1S/C10H14N4O3/c1-13-10(16)14(12-11-13)8-4-3-5-9(17-2)7(8)6-15/h5,15H,3-4,6H2,1-2H3/p+1. The SMILES string of the molecule is COC1=CCCC(n2[nH+]nn(C)c2=O)=C1CO. The van der Waals surface area contributed by atoms with Crippen molar-refractivity contribution >= 4 is 5.70 Å². The Morgan fingerprint density at radius 2 is 2.41 bits per heavy atom. The van der Waals surface area contributed by atoms with Gasteiger partial charge in [-0.3, -0.25) is 0 Å². The summed E-state index contributed by atoms with van der Waals surface area (Å²) in [4.78, 5) is 11.8. The zero-order valence-electron chi connectivity index (χ0n) is 9.80. The van der Waals surface area contributed by atoms with Gasteiger partial charge in [0.25, 0.3) is 0 Å². The van der Waals surface area contributed by atoms with Crippen LogP contribution in [0.25, 0.3) is 5.70 Å². The number of hydrogen-bond donors (Lipinski definition) is 1. The van der Waals surface area contributed by atoms with Crippen LogP contribution in [-0.2, 0) is 11.8 Å². The van der Waals surface area contributed by atoms with Crippen LogP contribution >= 0.6 is 0 Å². The first kappa shape index (κ1) is 11.6. The smallest absolute Gasteiger partial charge is 0.472 e. The Kier molecular flexibility index (Phi) is 3.10. The molecule has 1 heterocycles. The Morgan fingerprint density at radius 3 is 2.94 bits per heavy atom. The van der Waals surface area contributed by atoms with Crippen LogP contribution in [0.15, 0.2) is 22.2 Å². The van der Waals surface area contributed by atoms with Crippen molar-refractivity contribution in [3.63, 3.8) is 0 Å². The minimum Gasteiger partial charge on any atom is -0.497 e. The number of aryl methyl sites for hydroxylation is 1. The van der Waals surface area contributed by atoms with Crippen molar-refractivity contribution in [1.82, 2.24) is 14.6 Å². The van der Waals surface area contributed by atoms with Gasteiger partial charge in [-0.2, -0.15) is 0 Å². The molecule has 0 saturated carbocycles. The van der Waals surface area contributed by atoms with Crippen molar-refractivity contribution in [3.8, 4) is 0 Å². The molecule has 2 rings (SSSR count). The average molecular weight is 239 g/mol. The molecule has 0 radical (unpaired) electrons. The number of H-pyrrole nitrogens is 1. The summed E-state index contributed by atoms with van der Waals surface area (Å²) >= 11 is 0. The molecule has 0 atom stereocenters. The molecule has 17 heavy (non-hydrogen) atoms. The highest BCUT2D eigenvalue weighted by molar-refractivity contribution is 5.57. The van der Waals surface area contributed by atoms with Gasteiger partial charge < -0.3 is 9.84 Å². The van der Waals surface area contributed by atoms with Gasteiger partial charge in [-0.25, -0.2) is 4.79 Å². The molecule has 0 bridgehead atoms. The van der Waals surface area contributed by atoms with Crippen molar-refractivity contribution in [1.29, 1.82) is 0 Å². The first-order valence-electron chi connectivity index (χ1n) is 5.30. The van der Waals surface area contributed by atoms with Crippen LogP contribution < -0.4 is 10.9 Å². The first-order chi connectivity index (χ1) is 8.19. The normalized spacial score (nSPS) is 16.1. The minimum atomic E-state index is -0.275. The number of nitrogens with one attached hydrogen (secondary N) is 1. The van der Waals surface area contributed by atoms with E-state index in [0.717, 1.165) is 6.42 Å². The molecule has 0 saturated heterocycles. The number of ether oxygens (including phenoxy) is 1. The lowest BCUT2D eigenvalue weighted by molar-refractivity contribution is -0.545. The number of aliphatic hydroxyl groups excluding tert-OH is 1. The summed E-state index contributed by atoms with van der Waals surface area (Å²) in [5.74, 6) is 0.609. The molecule has 0 spiro atoms. The zero-order chi connectivity index (χ0) is 12.4. The van der Waals surface area contributed by atoms with E-state index in [-0.39, 0.29) is 12.3 Å². The summed E-state index contributed by atoms with van der Waals surface area (Å²) < 4.78 is 7.71. The highest BCUT2D eigenvalue weighted by Crippen LogP contribution is 2.26. The maximum absolute atomic E-state index is 11.8. The third-order valence-corrected chi connectivity index (χ3v) is 2.77. The number of tetrazole rings is 1. The van der Waals surface area contributed by atoms with E-state index in [1.807, 2.05) is 6.08 Å². The number of aromatic amines is 1. The van der Waals surface area contributed by atoms with E-state index < -0.39 is 0 Å². The van der Waals surface area contributed by atoms with E-state index in [9.17, 15) is 9.90 Å².